The second-order valence-electron chi connectivity index (χ2n) is 15.7. The Kier molecular flexibility index (Phi) is 36.0. The van der Waals surface area contributed by atoms with E-state index in [1.165, 1.54) is 116 Å². The van der Waals surface area contributed by atoms with Gasteiger partial charge in [0.25, 0.3) is 0 Å². The second-order valence-corrected chi connectivity index (χ2v) is 15.7. The predicted molar refractivity (Wildman–Crippen MR) is 210 cm³/mol. The highest BCUT2D eigenvalue weighted by atomic mass is 16.6. The fourth-order valence-electron chi connectivity index (χ4n) is 6.37. The van der Waals surface area contributed by atoms with Crippen molar-refractivity contribution in [3.63, 3.8) is 0 Å². The van der Waals surface area contributed by atoms with Crippen molar-refractivity contribution in [1.82, 2.24) is 0 Å². The quantitative estimate of drug-likeness (QED) is 0.0361. The van der Waals surface area contributed by atoms with E-state index in [-0.39, 0.29) is 31.1 Å². The van der Waals surface area contributed by atoms with Crippen LogP contribution in [0.1, 0.15) is 234 Å². The molecule has 0 fully saturated rings. The maximum Gasteiger partial charge on any atom is 0.306 e. The minimum absolute atomic E-state index is 0.0670. The fourth-order valence-corrected chi connectivity index (χ4v) is 6.37. The summed E-state index contributed by atoms with van der Waals surface area (Å²) in [5, 5.41) is 0. The topological polar surface area (TPSA) is 78.9 Å². The molecule has 0 heterocycles. The first kappa shape index (κ1) is 48.4. The second kappa shape index (κ2) is 37.2. The van der Waals surface area contributed by atoms with Gasteiger partial charge in [-0.05, 0) is 31.1 Å². The highest BCUT2D eigenvalue weighted by Crippen LogP contribution is 2.17. The maximum atomic E-state index is 12.5. The summed E-state index contributed by atoms with van der Waals surface area (Å²) in [6.45, 7) is 11.2. The van der Waals surface area contributed by atoms with Crippen LogP contribution in [-0.2, 0) is 28.6 Å². The van der Waals surface area contributed by atoms with E-state index in [2.05, 4.69) is 34.6 Å². The number of hydrogen-bond acceptors (Lipinski definition) is 6. The van der Waals surface area contributed by atoms with Crippen LogP contribution in [0, 0.1) is 11.8 Å². The van der Waals surface area contributed by atoms with E-state index in [1.54, 1.807) is 0 Å². The zero-order valence-electron chi connectivity index (χ0n) is 34.0. The van der Waals surface area contributed by atoms with E-state index in [0.717, 1.165) is 76.0 Å². The molecule has 0 aromatic carbocycles. The summed E-state index contributed by atoms with van der Waals surface area (Å²) in [4.78, 5) is 37.3. The van der Waals surface area contributed by atoms with Crippen molar-refractivity contribution in [3.05, 3.63) is 0 Å². The van der Waals surface area contributed by atoms with Crippen molar-refractivity contribution in [1.29, 1.82) is 0 Å². The van der Waals surface area contributed by atoms with Gasteiger partial charge in [-0.25, -0.2) is 0 Å². The molecular formula is C44H84O6. The molecule has 296 valence electrons. The lowest BCUT2D eigenvalue weighted by atomic mass is 10.00. The third kappa shape index (κ3) is 36.2. The first-order valence-corrected chi connectivity index (χ1v) is 21.8. The Hall–Kier alpha value is -1.59. The average Bonchev–Trinajstić information content (AvgIpc) is 3.09. The van der Waals surface area contributed by atoms with E-state index in [0.29, 0.717) is 19.3 Å². The Labute approximate surface area is 310 Å². The Morgan fingerprint density at radius 2 is 0.760 bits per heavy atom. The predicted octanol–water partition coefficient (Wildman–Crippen LogP) is 13.4. The molecule has 6 nitrogen and oxygen atoms in total. The smallest absolute Gasteiger partial charge is 0.306 e. The normalized spacial score (nSPS) is 12.6. The van der Waals surface area contributed by atoms with Gasteiger partial charge in [0.1, 0.15) is 13.2 Å². The zero-order chi connectivity index (χ0) is 36.9. The minimum atomic E-state index is -0.758. The van der Waals surface area contributed by atoms with Gasteiger partial charge in [0.2, 0.25) is 0 Å². The average molecular weight is 709 g/mol. The van der Waals surface area contributed by atoms with Crippen LogP contribution in [0.25, 0.3) is 0 Å². The number of esters is 3. The highest BCUT2D eigenvalue weighted by molar-refractivity contribution is 5.71. The number of carbonyl (C=O) groups is 3. The Morgan fingerprint density at radius 3 is 1.14 bits per heavy atom. The maximum absolute atomic E-state index is 12.5. The van der Waals surface area contributed by atoms with Gasteiger partial charge >= 0.3 is 17.9 Å². The third-order valence-electron chi connectivity index (χ3n) is 10.1. The molecule has 50 heavy (non-hydrogen) atoms. The number of rotatable bonds is 38. The standard InChI is InChI=1S/C44H84O6/c1-6-8-9-22-31-36-44(47)50-41(38-49-43(46)35-30-26-21-20-24-28-33-40(5)7-2)37-48-42(45)34-29-25-19-17-15-13-11-10-12-14-16-18-23-27-32-39(3)4/h39-41H,6-38H2,1-5H3/t40?,41-/m0/s1. The summed E-state index contributed by atoms with van der Waals surface area (Å²) < 4.78 is 16.6. The van der Waals surface area contributed by atoms with Crippen molar-refractivity contribution >= 4 is 17.9 Å². The first-order valence-electron chi connectivity index (χ1n) is 21.8. The van der Waals surface area contributed by atoms with Gasteiger partial charge in [0.15, 0.2) is 6.10 Å². The molecule has 0 saturated carbocycles. The molecule has 0 amide bonds. The summed E-state index contributed by atoms with van der Waals surface area (Å²) in [6, 6.07) is 0. The van der Waals surface area contributed by atoms with Gasteiger partial charge in [-0.2, -0.15) is 0 Å². The van der Waals surface area contributed by atoms with Gasteiger partial charge in [0.05, 0.1) is 0 Å². The summed E-state index contributed by atoms with van der Waals surface area (Å²) in [5.74, 6) is 0.782. The van der Waals surface area contributed by atoms with Crippen LogP contribution >= 0.6 is 0 Å². The molecule has 0 aliphatic rings. The summed E-state index contributed by atoms with van der Waals surface area (Å²) in [6.07, 6.45) is 34.1. The molecule has 0 bridgehead atoms. The zero-order valence-corrected chi connectivity index (χ0v) is 34.0. The Morgan fingerprint density at radius 1 is 0.420 bits per heavy atom. The summed E-state index contributed by atoms with van der Waals surface area (Å²) >= 11 is 0. The van der Waals surface area contributed by atoms with Crippen LogP contribution in [0.15, 0.2) is 0 Å². The van der Waals surface area contributed by atoms with Crippen molar-refractivity contribution in [2.75, 3.05) is 13.2 Å². The molecule has 1 unspecified atom stereocenters. The van der Waals surface area contributed by atoms with Gasteiger partial charge in [-0.1, -0.05) is 195 Å². The molecule has 0 radical (unpaired) electrons. The number of hydrogen-bond donors (Lipinski definition) is 0. The van der Waals surface area contributed by atoms with E-state index >= 15 is 0 Å². The molecular weight excluding hydrogens is 624 g/mol. The van der Waals surface area contributed by atoms with Gasteiger partial charge in [0, 0.05) is 19.3 Å². The Balaban J connectivity index is 4.13. The van der Waals surface area contributed by atoms with Crippen LogP contribution in [-0.4, -0.2) is 37.2 Å². The van der Waals surface area contributed by atoms with Crippen molar-refractivity contribution in [2.45, 2.75) is 240 Å². The molecule has 0 spiro atoms. The van der Waals surface area contributed by atoms with Crippen LogP contribution in [0.3, 0.4) is 0 Å². The number of ether oxygens (including phenoxy) is 3. The highest BCUT2D eigenvalue weighted by Gasteiger charge is 2.19. The molecule has 0 aliphatic heterocycles. The third-order valence-corrected chi connectivity index (χ3v) is 10.1. The molecule has 6 heteroatoms. The van der Waals surface area contributed by atoms with E-state index in [9.17, 15) is 14.4 Å². The fraction of sp³-hybridized carbons (Fsp3) is 0.932. The molecule has 0 saturated heterocycles. The van der Waals surface area contributed by atoms with Crippen molar-refractivity contribution in [2.24, 2.45) is 11.8 Å². The lowest BCUT2D eigenvalue weighted by Crippen LogP contribution is -2.30. The molecule has 0 aromatic heterocycles. The van der Waals surface area contributed by atoms with Gasteiger partial charge in [-0.15, -0.1) is 0 Å². The molecule has 0 rings (SSSR count). The monoisotopic (exact) mass is 709 g/mol. The minimum Gasteiger partial charge on any atom is -0.462 e. The van der Waals surface area contributed by atoms with Crippen molar-refractivity contribution < 1.29 is 28.6 Å². The first-order chi connectivity index (χ1) is 24.3. The van der Waals surface area contributed by atoms with Gasteiger partial charge in [-0.3, -0.25) is 14.4 Å². The molecule has 0 N–H and O–H groups in total. The SMILES string of the molecule is CCCCCCCC(=O)O[C@@H](COC(=O)CCCCCCCCCCCCCCCCC(C)C)COC(=O)CCCCCCCCC(C)CC. The number of unbranched alkanes of at least 4 members (excludes halogenated alkanes) is 22. The van der Waals surface area contributed by atoms with Gasteiger partial charge < -0.3 is 14.2 Å². The van der Waals surface area contributed by atoms with Crippen LogP contribution in [0.4, 0.5) is 0 Å². The summed E-state index contributed by atoms with van der Waals surface area (Å²) in [5.41, 5.74) is 0. The van der Waals surface area contributed by atoms with Crippen LogP contribution in [0.5, 0.6) is 0 Å². The lowest BCUT2D eigenvalue weighted by Gasteiger charge is -2.18. The molecule has 0 aliphatic carbocycles. The lowest BCUT2D eigenvalue weighted by molar-refractivity contribution is -0.167. The van der Waals surface area contributed by atoms with E-state index < -0.39 is 6.10 Å². The molecule has 2 atom stereocenters. The Bertz CT molecular complexity index is 766. The largest absolute Gasteiger partial charge is 0.462 e. The van der Waals surface area contributed by atoms with Crippen LogP contribution in [0.2, 0.25) is 0 Å². The molecule has 0 aromatic rings. The van der Waals surface area contributed by atoms with Crippen LogP contribution < -0.4 is 0 Å². The van der Waals surface area contributed by atoms with Crippen molar-refractivity contribution in [3.8, 4) is 0 Å². The van der Waals surface area contributed by atoms with E-state index in [4.69, 9.17) is 14.2 Å². The van der Waals surface area contributed by atoms with E-state index in [1.807, 2.05) is 0 Å². The summed E-state index contributed by atoms with van der Waals surface area (Å²) in [7, 11) is 0. The number of carbonyl (C=O) groups excluding carboxylic acids is 3.